The van der Waals surface area contributed by atoms with Gasteiger partial charge in [-0.25, -0.2) is 9.37 Å². The average Bonchev–Trinajstić information content (AvgIpc) is 2.42. The van der Waals surface area contributed by atoms with Crippen LogP contribution in [0.25, 0.3) is 11.3 Å². The van der Waals surface area contributed by atoms with E-state index in [1.54, 1.807) is 0 Å². The summed E-state index contributed by atoms with van der Waals surface area (Å²) in [5.41, 5.74) is 5.42. The number of carbonyl (C=O) groups is 1. The van der Waals surface area contributed by atoms with Crippen LogP contribution in [0.5, 0.6) is 5.75 Å². The summed E-state index contributed by atoms with van der Waals surface area (Å²) >= 11 is 11.6. The zero-order valence-corrected chi connectivity index (χ0v) is 12.2. The van der Waals surface area contributed by atoms with Crippen LogP contribution in [0.2, 0.25) is 10.0 Å². The highest BCUT2D eigenvalue weighted by molar-refractivity contribution is 6.35. The van der Waals surface area contributed by atoms with E-state index in [1.807, 2.05) is 0 Å². The van der Waals surface area contributed by atoms with Crippen molar-refractivity contribution >= 4 is 34.9 Å². The number of halogens is 3. The molecule has 0 fully saturated rings. The molecule has 0 aliphatic rings. The van der Waals surface area contributed by atoms with Gasteiger partial charge in [-0.2, -0.15) is 0 Å². The number of anilines is 1. The molecule has 1 aromatic carbocycles. The molecule has 0 spiro atoms. The molecule has 0 amide bonds. The molecule has 0 saturated heterocycles. The standard InChI is InChI=1S/C13H9Cl2FN2O3/c1-21-12-6(14)3-2-5(10(12)16)8-4-7(17)9(15)11(18-8)13(19)20/h2-4H,1H3,(H2,17,18)(H,19,20)/p+1. The quantitative estimate of drug-likeness (QED) is 0.875. The number of hydrogen-bond donors (Lipinski definition) is 1. The van der Waals surface area contributed by atoms with E-state index < -0.39 is 11.8 Å². The van der Waals surface area contributed by atoms with Gasteiger partial charge in [-0.05, 0) is 18.2 Å². The van der Waals surface area contributed by atoms with E-state index in [1.165, 1.54) is 25.3 Å². The molecule has 1 aromatic heterocycles. The van der Waals surface area contributed by atoms with Gasteiger partial charge in [-0.3, -0.25) is 0 Å². The molecular formula is C13H10Cl2FN2O3+. The summed E-state index contributed by atoms with van der Waals surface area (Å²) in [4.78, 5) is 15.1. The maximum Gasteiger partial charge on any atom is 0.569 e. The maximum atomic E-state index is 14.3. The molecule has 0 aliphatic heterocycles. The van der Waals surface area contributed by atoms with Gasteiger partial charge in [0, 0.05) is 10.4 Å². The fourth-order valence-electron chi connectivity index (χ4n) is 1.76. The van der Waals surface area contributed by atoms with Crippen LogP contribution >= 0.6 is 23.2 Å². The topological polar surface area (TPSA) is 88.1 Å². The average molecular weight is 332 g/mol. The number of methoxy groups -OCH3 is 1. The van der Waals surface area contributed by atoms with E-state index in [-0.39, 0.29) is 38.4 Å². The minimum absolute atomic E-state index is 0.0191. The molecule has 1 heterocycles. The van der Waals surface area contributed by atoms with Gasteiger partial charge in [0.2, 0.25) is 5.69 Å². The Hall–Kier alpha value is -2.05. The van der Waals surface area contributed by atoms with Crippen LogP contribution in [-0.2, 0) is 0 Å². The number of carbonyl (C=O) groups excluding carboxylic acids is 1. The summed E-state index contributed by atoms with van der Waals surface area (Å²) in [6.07, 6.45) is 0. The number of hydrogen-bond acceptors (Lipinski definition) is 4. The zero-order valence-electron chi connectivity index (χ0n) is 10.7. The van der Waals surface area contributed by atoms with Crippen LogP contribution in [0.15, 0.2) is 18.2 Å². The second kappa shape index (κ2) is 5.75. The number of benzene rings is 1. The van der Waals surface area contributed by atoms with E-state index in [4.69, 9.17) is 38.8 Å². The fraction of sp³-hybridized carbons (Fsp3) is 0.0769. The van der Waals surface area contributed by atoms with Crippen molar-refractivity contribution in [3.05, 3.63) is 39.8 Å². The Morgan fingerprint density at radius 3 is 2.67 bits per heavy atom. The number of ether oxygens (including phenoxy) is 1. The van der Waals surface area contributed by atoms with Gasteiger partial charge < -0.3 is 15.6 Å². The second-order valence-corrected chi connectivity index (χ2v) is 4.82. The Morgan fingerprint density at radius 1 is 1.43 bits per heavy atom. The van der Waals surface area contributed by atoms with Crippen LogP contribution in [0.1, 0.15) is 10.5 Å². The first kappa shape index (κ1) is 15.3. The lowest BCUT2D eigenvalue weighted by Crippen LogP contribution is -2.06. The van der Waals surface area contributed by atoms with Gasteiger partial charge in [-0.1, -0.05) is 23.2 Å². The maximum absolute atomic E-state index is 14.3. The molecule has 5 nitrogen and oxygen atoms in total. The van der Waals surface area contributed by atoms with Gasteiger partial charge in [-0.15, -0.1) is 0 Å². The SMILES string of the molecule is COc1c(Cl)ccc(-c2cc(N)c(Cl)c(C(=O)[OH2+])n2)c1F. The molecule has 110 valence electrons. The van der Waals surface area contributed by atoms with Gasteiger partial charge in [0.15, 0.2) is 11.6 Å². The van der Waals surface area contributed by atoms with Crippen molar-refractivity contribution in [1.82, 2.24) is 4.98 Å². The molecule has 21 heavy (non-hydrogen) atoms. The van der Waals surface area contributed by atoms with Crippen LogP contribution < -0.4 is 10.5 Å². The Bertz CT molecular complexity index is 738. The Balaban J connectivity index is 2.71. The van der Waals surface area contributed by atoms with Crippen molar-refractivity contribution in [1.29, 1.82) is 0 Å². The molecule has 0 unspecified atom stereocenters. The van der Waals surface area contributed by atoms with Crippen LogP contribution in [0.3, 0.4) is 0 Å². The Kier molecular flexibility index (Phi) is 4.20. The third kappa shape index (κ3) is 2.72. The molecule has 2 aromatic rings. The highest BCUT2D eigenvalue weighted by atomic mass is 35.5. The van der Waals surface area contributed by atoms with Crippen molar-refractivity contribution in [2.45, 2.75) is 0 Å². The minimum atomic E-state index is -1.12. The van der Waals surface area contributed by atoms with E-state index >= 15 is 0 Å². The van der Waals surface area contributed by atoms with E-state index in [0.29, 0.717) is 0 Å². The first-order valence-corrected chi connectivity index (χ1v) is 6.36. The van der Waals surface area contributed by atoms with Crippen LogP contribution in [0, 0.1) is 5.82 Å². The van der Waals surface area contributed by atoms with E-state index in [0.717, 1.165) is 0 Å². The predicted molar refractivity (Wildman–Crippen MR) is 78.6 cm³/mol. The number of pyridine rings is 1. The first-order valence-electron chi connectivity index (χ1n) is 5.61. The molecule has 0 saturated carbocycles. The highest BCUT2D eigenvalue weighted by Crippen LogP contribution is 2.36. The Morgan fingerprint density at radius 2 is 2.10 bits per heavy atom. The summed E-state index contributed by atoms with van der Waals surface area (Å²) in [6.45, 7) is 0. The Labute approximate surface area is 129 Å². The van der Waals surface area contributed by atoms with Gasteiger partial charge in [0.1, 0.15) is 5.02 Å². The lowest BCUT2D eigenvalue weighted by molar-refractivity contribution is 0.0691. The van der Waals surface area contributed by atoms with E-state index in [2.05, 4.69) is 4.98 Å². The fourth-order valence-corrected chi connectivity index (χ4v) is 2.16. The molecule has 2 rings (SSSR count). The zero-order chi connectivity index (χ0) is 15.7. The third-order valence-electron chi connectivity index (χ3n) is 2.73. The molecule has 0 radical (unpaired) electrons. The number of nitrogens with zero attached hydrogens (tertiary/aromatic N) is 1. The summed E-state index contributed by atoms with van der Waals surface area (Å²) in [7, 11) is 1.27. The molecule has 8 heteroatoms. The number of aromatic nitrogens is 1. The van der Waals surface area contributed by atoms with Crippen molar-refractivity contribution in [2.24, 2.45) is 0 Å². The number of nitrogen functional groups attached to an aromatic ring is 1. The number of rotatable bonds is 3. The summed E-state index contributed by atoms with van der Waals surface area (Å²) in [5.74, 6) is -2.01. The third-order valence-corrected chi connectivity index (χ3v) is 3.42. The van der Waals surface area contributed by atoms with Crippen molar-refractivity contribution in [3.8, 4) is 17.0 Å². The number of nitrogens with two attached hydrogens (primary N) is 1. The lowest BCUT2D eigenvalue weighted by Gasteiger charge is -2.10. The minimum Gasteiger partial charge on any atom is -0.560 e. The van der Waals surface area contributed by atoms with Gasteiger partial charge in [0.25, 0.3) is 0 Å². The highest BCUT2D eigenvalue weighted by Gasteiger charge is 2.24. The van der Waals surface area contributed by atoms with Crippen LogP contribution in [0.4, 0.5) is 10.1 Å². The summed E-state index contributed by atoms with van der Waals surface area (Å²) in [5, 5.41) is 7.06. The van der Waals surface area contributed by atoms with Crippen LogP contribution in [-0.4, -0.2) is 23.2 Å². The molecule has 0 bridgehead atoms. The first-order chi connectivity index (χ1) is 9.86. The normalized spacial score (nSPS) is 10.5. The molecular weight excluding hydrogens is 322 g/mol. The largest absolute Gasteiger partial charge is 0.569 e. The smallest absolute Gasteiger partial charge is 0.560 e. The van der Waals surface area contributed by atoms with E-state index in [9.17, 15) is 9.18 Å². The monoisotopic (exact) mass is 331 g/mol. The van der Waals surface area contributed by atoms with Crippen molar-refractivity contribution in [2.75, 3.05) is 12.8 Å². The second-order valence-electron chi connectivity index (χ2n) is 4.03. The molecule has 0 aliphatic carbocycles. The van der Waals surface area contributed by atoms with Gasteiger partial charge >= 0.3 is 5.97 Å². The summed E-state index contributed by atoms with van der Waals surface area (Å²) in [6, 6.07) is 4.10. The predicted octanol–water partition coefficient (Wildman–Crippen LogP) is 2.65. The summed E-state index contributed by atoms with van der Waals surface area (Å²) < 4.78 is 19.2. The van der Waals surface area contributed by atoms with Crippen molar-refractivity contribution in [3.63, 3.8) is 0 Å². The molecule has 4 N–H and O–H groups in total. The molecule has 0 atom stereocenters. The van der Waals surface area contributed by atoms with Crippen molar-refractivity contribution < 1.29 is 19.0 Å². The lowest BCUT2D eigenvalue weighted by atomic mass is 10.1. The van der Waals surface area contributed by atoms with Gasteiger partial charge in [0.05, 0.1) is 23.5 Å².